The molecule has 1 aliphatic rings. The van der Waals surface area contributed by atoms with Crippen molar-refractivity contribution in [3.8, 4) is 0 Å². The lowest BCUT2D eigenvalue weighted by molar-refractivity contribution is -0.118. The number of benzene rings is 1. The zero-order chi connectivity index (χ0) is 10.7. The van der Waals surface area contributed by atoms with Crippen molar-refractivity contribution in [2.45, 2.75) is 12.8 Å². The van der Waals surface area contributed by atoms with E-state index in [-0.39, 0.29) is 5.91 Å². The summed E-state index contributed by atoms with van der Waals surface area (Å²) in [6.45, 7) is 0.854. The highest BCUT2D eigenvalue weighted by Crippen LogP contribution is 2.27. The Morgan fingerprint density at radius 2 is 2.27 bits per heavy atom. The van der Waals surface area contributed by atoms with Crippen molar-refractivity contribution >= 4 is 23.4 Å². The van der Waals surface area contributed by atoms with E-state index in [2.05, 4.69) is 6.07 Å². The Labute approximate surface area is 94.7 Å². The van der Waals surface area contributed by atoms with Crippen molar-refractivity contribution in [1.29, 1.82) is 0 Å². The molecule has 0 radical (unpaired) electrons. The summed E-state index contributed by atoms with van der Waals surface area (Å²) in [5.41, 5.74) is 2.42. The van der Waals surface area contributed by atoms with Crippen molar-refractivity contribution < 1.29 is 4.79 Å². The third kappa shape index (κ3) is 2.17. The molecule has 3 heteroatoms. The van der Waals surface area contributed by atoms with Gasteiger partial charge in [0.25, 0.3) is 0 Å². The lowest BCUT2D eigenvalue weighted by Crippen LogP contribution is -2.28. The van der Waals surface area contributed by atoms with E-state index < -0.39 is 0 Å². The summed E-state index contributed by atoms with van der Waals surface area (Å²) in [6.07, 6.45) is 3.68. The zero-order valence-electron chi connectivity index (χ0n) is 8.90. The first-order chi connectivity index (χ1) is 7.33. The number of hydrogen-bond donors (Lipinski definition) is 0. The third-order valence-electron chi connectivity index (χ3n) is 2.71. The maximum Gasteiger partial charge on any atom is 0.227 e. The topological polar surface area (TPSA) is 20.3 Å². The van der Waals surface area contributed by atoms with Crippen LogP contribution in [0.3, 0.4) is 0 Å². The van der Waals surface area contributed by atoms with E-state index in [1.807, 2.05) is 29.4 Å². The Kier molecular flexibility index (Phi) is 3.31. The second-order valence-corrected chi connectivity index (χ2v) is 4.65. The Morgan fingerprint density at radius 1 is 1.47 bits per heavy atom. The normalized spacial score (nSPS) is 14.1. The molecule has 1 heterocycles. The zero-order valence-corrected chi connectivity index (χ0v) is 9.72. The average Bonchev–Trinajstić information content (AvgIpc) is 2.69. The first-order valence-corrected chi connectivity index (χ1v) is 6.59. The Morgan fingerprint density at radius 3 is 3.07 bits per heavy atom. The van der Waals surface area contributed by atoms with Crippen molar-refractivity contribution in [3.63, 3.8) is 0 Å². The first kappa shape index (κ1) is 10.6. The number of hydrogen-bond acceptors (Lipinski definition) is 2. The smallest absolute Gasteiger partial charge is 0.227 e. The Hall–Kier alpha value is -0.960. The Bertz CT molecular complexity index is 364. The molecule has 0 bridgehead atoms. The van der Waals surface area contributed by atoms with Crippen LogP contribution >= 0.6 is 11.8 Å². The lowest BCUT2D eigenvalue weighted by Gasteiger charge is -2.16. The molecule has 0 atom stereocenters. The van der Waals surface area contributed by atoms with Gasteiger partial charge in [0.05, 0.1) is 0 Å². The molecule has 1 amide bonds. The number of rotatable bonds is 3. The Balaban J connectivity index is 2.10. The average molecular weight is 221 g/mol. The van der Waals surface area contributed by atoms with Gasteiger partial charge in [0.2, 0.25) is 5.91 Å². The van der Waals surface area contributed by atoms with Gasteiger partial charge in [-0.05, 0) is 24.3 Å². The van der Waals surface area contributed by atoms with Crippen molar-refractivity contribution in [2.75, 3.05) is 23.5 Å². The molecule has 0 spiro atoms. The van der Waals surface area contributed by atoms with Gasteiger partial charge >= 0.3 is 0 Å². The summed E-state index contributed by atoms with van der Waals surface area (Å²) in [5.74, 6) is 1.17. The highest BCUT2D eigenvalue weighted by molar-refractivity contribution is 7.98. The highest BCUT2D eigenvalue weighted by Gasteiger charge is 2.23. The minimum absolute atomic E-state index is 0.259. The predicted octanol–water partition coefficient (Wildman–Crippen LogP) is 2.33. The number of fused-ring (bicyclic) bond motifs is 1. The predicted molar refractivity (Wildman–Crippen MR) is 65.5 cm³/mol. The van der Waals surface area contributed by atoms with E-state index in [0.717, 1.165) is 24.4 Å². The van der Waals surface area contributed by atoms with E-state index >= 15 is 0 Å². The van der Waals surface area contributed by atoms with Crippen molar-refractivity contribution in [3.05, 3.63) is 29.8 Å². The standard InChI is InChI=1S/C12H15NOS/c1-15-9-7-12(14)13-8-6-10-4-2-3-5-11(10)13/h2-5H,6-9H2,1H3. The van der Waals surface area contributed by atoms with Crippen LogP contribution in [0, 0.1) is 0 Å². The first-order valence-electron chi connectivity index (χ1n) is 5.20. The third-order valence-corrected chi connectivity index (χ3v) is 3.32. The molecule has 15 heavy (non-hydrogen) atoms. The van der Waals surface area contributed by atoms with Crippen molar-refractivity contribution in [1.82, 2.24) is 0 Å². The molecular weight excluding hydrogens is 206 g/mol. The van der Waals surface area contributed by atoms with Crippen LogP contribution in [-0.2, 0) is 11.2 Å². The fourth-order valence-corrected chi connectivity index (χ4v) is 2.30. The van der Waals surface area contributed by atoms with Crippen LogP contribution in [0.1, 0.15) is 12.0 Å². The molecule has 0 aromatic heterocycles. The fraction of sp³-hybridized carbons (Fsp3) is 0.417. The molecular formula is C12H15NOS. The van der Waals surface area contributed by atoms with E-state index in [1.54, 1.807) is 11.8 Å². The van der Waals surface area contributed by atoms with Crippen LogP contribution in [0.25, 0.3) is 0 Å². The molecule has 1 aromatic carbocycles. The van der Waals surface area contributed by atoms with Gasteiger partial charge in [-0.15, -0.1) is 0 Å². The maximum absolute atomic E-state index is 11.9. The number of thioether (sulfide) groups is 1. The van der Waals surface area contributed by atoms with Gasteiger partial charge < -0.3 is 4.90 Å². The van der Waals surface area contributed by atoms with Crippen LogP contribution in [0.2, 0.25) is 0 Å². The summed E-state index contributed by atoms with van der Waals surface area (Å²) in [4.78, 5) is 13.8. The summed E-state index contributed by atoms with van der Waals surface area (Å²) in [6, 6.07) is 8.18. The van der Waals surface area contributed by atoms with Crippen LogP contribution in [0.4, 0.5) is 5.69 Å². The van der Waals surface area contributed by atoms with Crippen LogP contribution < -0.4 is 4.90 Å². The van der Waals surface area contributed by atoms with Gasteiger partial charge in [-0.2, -0.15) is 11.8 Å². The summed E-state index contributed by atoms with van der Waals surface area (Å²) >= 11 is 1.72. The maximum atomic E-state index is 11.9. The van der Waals surface area contributed by atoms with Gasteiger partial charge in [-0.1, -0.05) is 18.2 Å². The minimum atomic E-state index is 0.259. The number of carbonyl (C=O) groups excluding carboxylic acids is 1. The van der Waals surface area contributed by atoms with Gasteiger partial charge in [0, 0.05) is 24.4 Å². The molecule has 2 nitrogen and oxygen atoms in total. The van der Waals surface area contributed by atoms with Crippen LogP contribution in [-0.4, -0.2) is 24.5 Å². The van der Waals surface area contributed by atoms with Gasteiger partial charge in [-0.3, -0.25) is 4.79 Å². The largest absolute Gasteiger partial charge is 0.312 e. The summed E-state index contributed by atoms with van der Waals surface area (Å²) in [7, 11) is 0. The molecule has 0 saturated heterocycles. The summed E-state index contributed by atoms with van der Waals surface area (Å²) in [5, 5.41) is 0. The van der Waals surface area contributed by atoms with Gasteiger partial charge in [-0.25, -0.2) is 0 Å². The van der Waals surface area contributed by atoms with Crippen LogP contribution in [0.15, 0.2) is 24.3 Å². The van der Waals surface area contributed by atoms with E-state index in [1.165, 1.54) is 5.56 Å². The number of para-hydroxylation sites is 1. The second kappa shape index (κ2) is 4.71. The van der Waals surface area contributed by atoms with E-state index in [9.17, 15) is 4.79 Å². The fourth-order valence-electron chi connectivity index (χ4n) is 1.92. The van der Waals surface area contributed by atoms with Crippen molar-refractivity contribution in [2.24, 2.45) is 0 Å². The summed E-state index contributed by atoms with van der Waals surface area (Å²) < 4.78 is 0. The molecule has 1 aliphatic heterocycles. The molecule has 0 N–H and O–H groups in total. The molecule has 0 fully saturated rings. The SMILES string of the molecule is CSCCC(=O)N1CCc2ccccc21. The number of anilines is 1. The van der Waals surface area contributed by atoms with E-state index in [4.69, 9.17) is 0 Å². The number of amides is 1. The van der Waals surface area contributed by atoms with Crippen LogP contribution in [0.5, 0.6) is 0 Å². The molecule has 0 saturated carbocycles. The quantitative estimate of drug-likeness (QED) is 0.780. The molecule has 2 rings (SSSR count). The monoisotopic (exact) mass is 221 g/mol. The molecule has 0 aliphatic carbocycles. The number of carbonyl (C=O) groups is 1. The molecule has 1 aromatic rings. The lowest BCUT2D eigenvalue weighted by atomic mass is 10.2. The second-order valence-electron chi connectivity index (χ2n) is 3.67. The van der Waals surface area contributed by atoms with Gasteiger partial charge in [0.1, 0.15) is 0 Å². The molecule has 0 unspecified atom stereocenters. The van der Waals surface area contributed by atoms with Gasteiger partial charge in [0.15, 0.2) is 0 Å². The molecule has 80 valence electrons. The minimum Gasteiger partial charge on any atom is -0.312 e. The highest BCUT2D eigenvalue weighted by atomic mass is 32.2. The van der Waals surface area contributed by atoms with E-state index in [0.29, 0.717) is 6.42 Å². The number of nitrogens with zero attached hydrogens (tertiary/aromatic N) is 1.